The molecule has 0 radical (unpaired) electrons. The van der Waals surface area contributed by atoms with Gasteiger partial charge in [0, 0.05) is 5.30 Å². The fourth-order valence-corrected chi connectivity index (χ4v) is 2.57. The zero-order chi connectivity index (χ0) is 11.1. The molecule has 2 aromatic rings. The van der Waals surface area contributed by atoms with Crippen molar-refractivity contribution in [3.63, 3.8) is 0 Å². The fraction of sp³-hybridized carbons (Fsp3) is 0.231. The first-order chi connectivity index (χ1) is 6.97. The third-order valence-corrected chi connectivity index (χ3v) is 4.12. The number of benzene rings is 2. The Morgan fingerprint density at radius 1 is 0.933 bits per heavy atom. The Bertz CT molecular complexity index is 551. The molecule has 0 aromatic heterocycles. The summed E-state index contributed by atoms with van der Waals surface area (Å²) in [6.45, 7) is 5.69. The summed E-state index contributed by atoms with van der Waals surface area (Å²) < 4.78 is 11.9. The lowest BCUT2D eigenvalue weighted by Gasteiger charge is -2.08. The fourth-order valence-electron chi connectivity index (χ4n) is 1.69. The van der Waals surface area contributed by atoms with E-state index in [1.54, 1.807) is 0 Å². The second kappa shape index (κ2) is 3.50. The van der Waals surface area contributed by atoms with Crippen molar-refractivity contribution in [1.29, 1.82) is 0 Å². The predicted octanol–water partition coefficient (Wildman–Crippen LogP) is 3.40. The lowest BCUT2D eigenvalue weighted by atomic mass is 10.1. The molecule has 0 saturated carbocycles. The molecular formula is C13H15OP. The third kappa shape index (κ3) is 2.13. The Morgan fingerprint density at radius 2 is 1.60 bits per heavy atom. The van der Waals surface area contributed by atoms with Crippen LogP contribution in [0.2, 0.25) is 0 Å². The van der Waals surface area contributed by atoms with Gasteiger partial charge in [0.1, 0.15) is 7.14 Å². The predicted molar refractivity (Wildman–Crippen MR) is 67.8 cm³/mol. The minimum atomic E-state index is -2.14. The van der Waals surface area contributed by atoms with Crippen LogP contribution in [0.1, 0.15) is 5.56 Å². The minimum Gasteiger partial charge on any atom is -0.319 e. The normalized spacial score (nSPS) is 11.9. The van der Waals surface area contributed by atoms with Gasteiger partial charge in [-0.1, -0.05) is 35.9 Å². The molecule has 2 heteroatoms. The van der Waals surface area contributed by atoms with Gasteiger partial charge >= 0.3 is 0 Å². The molecule has 2 rings (SSSR count). The molecule has 15 heavy (non-hydrogen) atoms. The Balaban J connectivity index is 2.70. The Labute approximate surface area is 90.5 Å². The van der Waals surface area contributed by atoms with Crippen molar-refractivity contribution in [1.82, 2.24) is 0 Å². The van der Waals surface area contributed by atoms with Gasteiger partial charge in [-0.15, -0.1) is 0 Å². The number of aryl methyl sites for hydroxylation is 1. The molecule has 0 aliphatic rings. The van der Waals surface area contributed by atoms with Crippen LogP contribution in [0.15, 0.2) is 36.4 Å². The second-order valence-electron chi connectivity index (χ2n) is 4.39. The van der Waals surface area contributed by atoms with Gasteiger partial charge in [-0.2, -0.15) is 0 Å². The van der Waals surface area contributed by atoms with E-state index in [0.717, 1.165) is 5.30 Å². The highest BCUT2D eigenvalue weighted by Gasteiger charge is 2.10. The van der Waals surface area contributed by atoms with Gasteiger partial charge in [-0.25, -0.2) is 0 Å². The number of rotatable bonds is 1. The number of hydrogen-bond donors (Lipinski definition) is 0. The van der Waals surface area contributed by atoms with Gasteiger partial charge in [-0.3, -0.25) is 0 Å². The van der Waals surface area contributed by atoms with Gasteiger partial charge in [0.05, 0.1) is 0 Å². The summed E-state index contributed by atoms with van der Waals surface area (Å²) in [5, 5.41) is 3.34. The summed E-state index contributed by atoms with van der Waals surface area (Å²) in [5.74, 6) is 0. The molecule has 78 valence electrons. The molecule has 2 aromatic carbocycles. The van der Waals surface area contributed by atoms with E-state index >= 15 is 0 Å². The monoisotopic (exact) mass is 218 g/mol. The summed E-state index contributed by atoms with van der Waals surface area (Å²) in [7, 11) is -2.14. The maximum Gasteiger partial charge on any atom is 0.109 e. The van der Waals surface area contributed by atoms with E-state index in [1.165, 1.54) is 16.3 Å². The largest absolute Gasteiger partial charge is 0.319 e. The van der Waals surface area contributed by atoms with E-state index in [-0.39, 0.29) is 0 Å². The first kappa shape index (κ1) is 10.4. The molecule has 0 fully saturated rings. The van der Waals surface area contributed by atoms with Crippen LogP contribution in [0.25, 0.3) is 10.8 Å². The van der Waals surface area contributed by atoms with Crippen LogP contribution in [0, 0.1) is 6.92 Å². The maximum atomic E-state index is 11.9. The molecule has 0 bridgehead atoms. The molecule has 1 nitrogen and oxygen atoms in total. The van der Waals surface area contributed by atoms with E-state index in [9.17, 15) is 4.57 Å². The van der Waals surface area contributed by atoms with Crippen LogP contribution in [0.5, 0.6) is 0 Å². The van der Waals surface area contributed by atoms with Crippen LogP contribution in [-0.4, -0.2) is 13.3 Å². The Hall–Kier alpha value is -1.07. The van der Waals surface area contributed by atoms with Crippen LogP contribution in [-0.2, 0) is 4.57 Å². The molecule has 0 atom stereocenters. The summed E-state index contributed by atoms with van der Waals surface area (Å²) in [6.07, 6.45) is 0. The topological polar surface area (TPSA) is 17.1 Å². The van der Waals surface area contributed by atoms with Gasteiger partial charge in [0.2, 0.25) is 0 Å². The van der Waals surface area contributed by atoms with Crippen LogP contribution >= 0.6 is 7.14 Å². The second-order valence-corrected chi connectivity index (χ2v) is 7.60. The van der Waals surface area contributed by atoms with E-state index in [4.69, 9.17) is 0 Å². The van der Waals surface area contributed by atoms with Crippen LogP contribution < -0.4 is 5.30 Å². The average Bonchev–Trinajstić information content (AvgIpc) is 2.15. The highest BCUT2D eigenvalue weighted by atomic mass is 31.2. The van der Waals surface area contributed by atoms with Gasteiger partial charge in [-0.05, 0) is 37.1 Å². The molecular weight excluding hydrogens is 203 g/mol. The smallest absolute Gasteiger partial charge is 0.109 e. The standard InChI is InChI=1S/C13H15OP/c1-10-4-5-11-6-7-13(15(2,3)14)9-12(11)8-10/h4-9H,1-3H3. The number of hydrogen-bond acceptors (Lipinski definition) is 1. The molecule has 0 amide bonds. The van der Waals surface area contributed by atoms with Crippen LogP contribution in [0.3, 0.4) is 0 Å². The molecule has 0 spiro atoms. The van der Waals surface area contributed by atoms with Crippen molar-refractivity contribution >= 4 is 23.2 Å². The molecule has 0 saturated heterocycles. The average molecular weight is 218 g/mol. The first-order valence-corrected chi connectivity index (χ1v) is 7.63. The minimum absolute atomic E-state index is 0.959. The van der Waals surface area contributed by atoms with Gasteiger partial charge in [0.25, 0.3) is 0 Å². The highest BCUT2D eigenvalue weighted by molar-refractivity contribution is 7.70. The van der Waals surface area contributed by atoms with E-state index in [0.29, 0.717) is 0 Å². The summed E-state index contributed by atoms with van der Waals surface area (Å²) in [6, 6.07) is 12.4. The zero-order valence-corrected chi connectivity index (χ0v) is 10.2. The highest BCUT2D eigenvalue weighted by Crippen LogP contribution is 2.35. The summed E-state index contributed by atoms with van der Waals surface area (Å²) in [5.41, 5.74) is 1.24. The van der Waals surface area contributed by atoms with Crippen molar-refractivity contribution < 1.29 is 4.57 Å². The SMILES string of the molecule is Cc1ccc2ccc(P(C)(C)=O)cc2c1. The van der Waals surface area contributed by atoms with E-state index < -0.39 is 7.14 Å². The first-order valence-electron chi connectivity index (χ1n) is 5.03. The molecule has 0 N–H and O–H groups in total. The van der Waals surface area contributed by atoms with E-state index in [2.05, 4.69) is 25.1 Å². The lowest BCUT2D eigenvalue weighted by molar-refractivity contribution is 0.588. The van der Waals surface area contributed by atoms with Crippen molar-refractivity contribution in [3.8, 4) is 0 Å². The summed E-state index contributed by atoms with van der Waals surface area (Å²) in [4.78, 5) is 0. The number of fused-ring (bicyclic) bond motifs is 1. The Morgan fingerprint density at radius 3 is 2.27 bits per heavy atom. The zero-order valence-electron chi connectivity index (χ0n) is 9.32. The Kier molecular flexibility index (Phi) is 2.44. The molecule has 0 aliphatic carbocycles. The van der Waals surface area contributed by atoms with Crippen molar-refractivity contribution in [2.75, 3.05) is 13.3 Å². The van der Waals surface area contributed by atoms with Crippen molar-refractivity contribution in [2.45, 2.75) is 6.92 Å². The van der Waals surface area contributed by atoms with Crippen molar-refractivity contribution in [2.24, 2.45) is 0 Å². The third-order valence-electron chi connectivity index (χ3n) is 2.60. The van der Waals surface area contributed by atoms with Gasteiger partial charge in [0.15, 0.2) is 0 Å². The van der Waals surface area contributed by atoms with E-state index in [1.807, 2.05) is 31.5 Å². The molecule has 0 heterocycles. The maximum absolute atomic E-state index is 11.9. The molecule has 0 unspecified atom stereocenters. The molecule has 0 aliphatic heterocycles. The summed E-state index contributed by atoms with van der Waals surface area (Å²) >= 11 is 0. The van der Waals surface area contributed by atoms with Crippen molar-refractivity contribution in [3.05, 3.63) is 42.0 Å². The lowest BCUT2D eigenvalue weighted by Crippen LogP contribution is -2.01. The van der Waals surface area contributed by atoms with Gasteiger partial charge < -0.3 is 4.57 Å². The van der Waals surface area contributed by atoms with Crippen LogP contribution in [0.4, 0.5) is 0 Å². The quantitative estimate of drug-likeness (QED) is 0.670.